The maximum Gasteiger partial charge on any atom is 0.271 e. The number of ether oxygens (including phenoxy) is 1. The first-order valence-corrected chi connectivity index (χ1v) is 8.51. The minimum atomic E-state index is -0.198. The van der Waals surface area contributed by atoms with Crippen molar-refractivity contribution >= 4 is 17.2 Å². The predicted octanol–water partition coefficient (Wildman–Crippen LogP) is 4.12. The fourth-order valence-electron chi connectivity index (χ4n) is 2.17. The van der Waals surface area contributed by atoms with Gasteiger partial charge in [0.1, 0.15) is 22.7 Å². The van der Waals surface area contributed by atoms with Crippen LogP contribution in [-0.2, 0) is 6.54 Å². The highest BCUT2D eigenvalue weighted by Gasteiger charge is 2.12. The first-order chi connectivity index (χ1) is 11.6. The molecule has 1 amide bonds. The quantitative estimate of drug-likeness (QED) is 0.732. The topological polar surface area (TPSA) is 64.4 Å². The molecule has 0 bridgehead atoms. The standard InChI is InChI=1S/C18H18N2O3S/c1-12(2)23-15-5-3-4-13(8-15)9-19-17(21)16-11-24-18(20-16)14-6-7-22-10-14/h3-8,10-12H,9H2,1-2H3,(H,19,21). The molecule has 0 aliphatic heterocycles. The van der Waals surface area contributed by atoms with Gasteiger partial charge in [-0.25, -0.2) is 4.98 Å². The van der Waals surface area contributed by atoms with Gasteiger partial charge in [-0.05, 0) is 37.6 Å². The molecular weight excluding hydrogens is 324 g/mol. The molecule has 0 radical (unpaired) electrons. The summed E-state index contributed by atoms with van der Waals surface area (Å²) in [6, 6.07) is 9.52. The van der Waals surface area contributed by atoms with E-state index in [4.69, 9.17) is 9.15 Å². The van der Waals surface area contributed by atoms with Crippen LogP contribution >= 0.6 is 11.3 Å². The van der Waals surface area contributed by atoms with Crippen molar-refractivity contribution in [3.8, 4) is 16.3 Å². The molecule has 24 heavy (non-hydrogen) atoms. The third kappa shape index (κ3) is 4.02. The van der Waals surface area contributed by atoms with Gasteiger partial charge in [0, 0.05) is 17.5 Å². The molecule has 0 saturated carbocycles. The zero-order valence-electron chi connectivity index (χ0n) is 13.5. The minimum absolute atomic E-state index is 0.117. The van der Waals surface area contributed by atoms with E-state index < -0.39 is 0 Å². The van der Waals surface area contributed by atoms with Crippen LogP contribution in [-0.4, -0.2) is 17.0 Å². The molecule has 2 heterocycles. The normalized spacial score (nSPS) is 10.8. The van der Waals surface area contributed by atoms with Crippen LogP contribution < -0.4 is 10.1 Å². The minimum Gasteiger partial charge on any atom is -0.491 e. The van der Waals surface area contributed by atoms with Crippen LogP contribution in [0, 0.1) is 0 Å². The van der Waals surface area contributed by atoms with Gasteiger partial charge in [-0.3, -0.25) is 4.79 Å². The first-order valence-electron chi connectivity index (χ1n) is 7.63. The largest absolute Gasteiger partial charge is 0.491 e. The van der Waals surface area contributed by atoms with Gasteiger partial charge < -0.3 is 14.5 Å². The summed E-state index contributed by atoms with van der Waals surface area (Å²) in [5, 5.41) is 5.39. The Kier molecular flexibility index (Phi) is 4.96. The highest BCUT2D eigenvalue weighted by molar-refractivity contribution is 7.13. The van der Waals surface area contributed by atoms with E-state index in [1.54, 1.807) is 17.9 Å². The molecule has 3 rings (SSSR count). The highest BCUT2D eigenvalue weighted by Crippen LogP contribution is 2.24. The van der Waals surface area contributed by atoms with E-state index in [1.807, 2.05) is 44.2 Å². The summed E-state index contributed by atoms with van der Waals surface area (Å²) < 4.78 is 10.7. The number of thiazole rings is 1. The van der Waals surface area contributed by atoms with Crippen molar-refractivity contribution in [3.63, 3.8) is 0 Å². The number of nitrogens with zero attached hydrogens (tertiary/aromatic N) is 1. The fourth-order valence-corrected chi connectivity index (χ4v) is 2.96. The summed E-state index contributed by atoms with van der Waals surface area (Å²) in [7, 11) is 0. The number of hydrogen-bond acceptors (Lipinski definition) is 5. The molecular formula is C18H18N2O3S. The van der Waals surface area contributed by atoms with E-state index in [2.05, 4.69) is 10.3 Å². The molecule has 0 aliphatic rings. The second-order valence-corrected chi connectivity index (χ2v) is 6.40. The number of aromatic nitrogens is 1. The molecule has 1 N–H and O–H groups in total. The van der Waals surface area contributed by atoms with Crippen LogP contribution in [0.15, 0.2) is 52.7 Å². The molecule has 0 atom stereocenters. The monoisotopic (exact) mass is 342 g/mol. The zero-order chi connectivity index (χ0) is 16.9. The van der Waals surface area contributed by atoms with Gasteiger partial charge >= 0.3 is 0 Å². The van der Waals surface area contributed by atoms with Gasteiger partial charge in [-0.1, -0.05) is 12.1 Å². The van der Waals surface area contributed by atoms with E-state index in [0.717, 1.165) is 21.9 Å². The molecule has 3 aromatic rings. The van der Waals surface area contributed by atoms with Crippen LogP contribution in [0.1, 0.15) is 29.9 Å². The summed E-state index contributed by atoms with van der Waals surface area (Å²) in [5.41, 5.74) is 2.26. The van der Waals surface area contributed by atoms with Gasteiger partial charge in [-0.15, -0.1) is 11.3 Å². The van der Waals surface area contributed by atoms with Crippen LogP contribution in [0.3, 0.4) is 0 Å². The maximum absolute atomic E-state index is 12.2. The lowest BCUT2D eigenvalue weighted by Gasteiger charge is -2.11. The van der Waals surface area contributed by atoms with Gasteiger partial charge in [0.05, 0.1) is 12.4 Å². The van der Waals surface area contributed by atoms with E-state index in [0.29, 0.717) is 12.2 Å². The van der Waals surface area contributed by atoms with Crippen molar-refractivity contribution in [2.24, 2.45) is 0 Å². The fraction of sp³-hybridized carbons (Fsp3) is 0.222. The summed E-state index contributed by atoms with van der Waals surface area (Å²) in [5.74, 6) is 0.601. The molecule has 0 aliphatic carbocycles. The lowest BCUT2D eigenvalue weighted by Crippen LogP contribution is -2.23. The summed E-state index contributed by atoms with van der Waals surface area (Å²) in [6.45, 7) is 4.38. The lowest BCUT2D eigenvalue weighted by atomic mass is 10.2. The Hall–Kier alpha value is -2.60. The zero-order valence-corrected chi connectivity index (χ0v) is 14.3. The van der Waals surface area contributed by atoms with Gasteiger partial charge in [0.2, 0.25) is 0 Å². The smallest absolute Gasteiger partial charge is 0.271 e. The van der Waals surface area contributed by atoms with Crippen LogP contribution in [0.4, 0.5) is 0 Å². The maximum atomic E-state index is 12.2. The van der Waals surface area contributed by atoms with Crippen molar-refractivity contribution in [2.45, 2.75) is 26.5 Å². The van der Waals surface area contributed by atoms with Gasteiger partial charge in [-0.2, -0.15) is 0 Å². The predicted molar refractivity (Wildman–Crippen MR) is 93.2 cm³/mol. The third-order valence-electron chi connectivity index (χ3n) is 3.23. The number of benzene rings is 1. The Balaban J connectivity index is 1.61. The Bertz CT molecular complexity index is 809. The average Bonchev–Trinajstić information content (AvgIpc) is 3.23. The Morgan fingerprint density at radius 1 is 1.38 bits per heavy atom. The first kappa shape index (κ1) is 16.3. The van der Waals surface area contributed by atoms with E-state index in [1.165, 1.54) is 11.3 Å². The third-order valence-corrected chi connectivity index (χ3v) is 4.12. The Labute approximate surface area is 144 Å². The average molecular weight is 342 g/mol. The number of rotatable bonds is 6. The molecule has 6 heteroatoms. The van der Waals surface area contributed by atoms with Gasteiger partial charge in [0.25, 0.3) is 5.91 Å². The van der Waals surface area contributed by atoms with E-state index in [-0.39, 0.29) is 12.0 Å². The Morgan fingerprint density at radius 2 is 2.25 bits per heavy atom. The number of amides is 1. The Morgan fingerprint density at radius 3 is 3.00 bits per heavy atom. The van der Waals surface area contributed by atoms with Crippen molar-refractivity contribution in [1.82, 2.24) is 10.3 Å². The van der Waals surface area contributed by atoms with Crippen molar-refractivity contribution in [3.05, 3.63) is 59.5 Å². The molecule has 124 valence electrons. The van der Waals surface area contributed by atoms with Crippen LogP contribution in [0.5, 0.6) is 5.75 Å². The molecule has 0 spiro atoms. The highest BCUT2D eigenvalue weighted by atomic mass is 32.1. The number of furan rings is 1. The lowest BCUT2D eigenvalue weighted by molar-refractivity contribution is 0.0946. The summed E-state index contributed by atoms with van der Waals surface area (Å²) >= 11 is 1.41. The summed E-state index contributed by atoms with van der Waals surface area (Å²) in [6.07, 6.45) is 3.31. The molecule has 1 aromatic carbocycles. The molecule has 2 aromatic heterocycles. The second kappa shape index (κ2) is 7.31. The number of nitrogens with one attached hydrogen (secondary N) is 1. The van der Waals surface area contributed by atoms with Crippen molar-refractivity contribution in [2.75, 3.05) is 0 Å². The molecule has 5 nitrogen and oxygen atoms in total. The molecule has 0 fully saturated rings. The van der Waals surface area contributed by atoms with Crippen LogP contribution in [0.25, 0.3) is 10.6 Å². The number of carbonyl (C=O) groups excluding carboxylic acids is 1. The van der Waals surface area contributed by atoms with Crippen molar-refractivity contribution in [1.29, 1.82) is 0 Å². The number of carbonyl (C=O) groups is 1. The molecule has 0 saturated heterocycles. The van der Waals surface area contributed by atoms with Crippen molar-refractivity contribution < 1.29 is 13.9 Å². The molecule has 0 unspecified atom stereocenters. The van der Waals surface area contributed by atoms with E-state index >= 15 is 0 Å². The second-order valence-electron chi connectivity index (χ2n) is 5.55. The van der Waals surface area contributed by atoms with Gasteiger partial charge in [0.15, 0.2) is 0 Å². The van der Waals surface area contributed by atoms with E-state index in [9.17, 15) is 4.79 Å². The SMILES string of the molecule is CC(C)Oc1cccc(CNC(=O)c2csc(-c3ccoc3)n2)c1. The van der Waals surface area contributed by atoms with Crippen LogP contribution in [0.2, 0.25) is 0 Å². The number of hydrogen-bond donors (Lipinski definition) is 1. The summed E-state index contributed by atoms with van der Waals surface area (Å²) in [4.78, 5) is 16.6.